The lowest BCUT2D eigenvalue weighted by Gasteiger charge is -2.28. The van der Waals surface area contributed by atoms with E-state index < -0.39 is 10.0 Å². The second-order valence-electron chi connectivity index (χ2n) is 5.04. The van der Waals surface area contributed by atoms with E-state index in [0.29, 0.717) is 24.5 Å². The van der Waals surface area contributed by atoms with Crippen LogP contribution in [0, 0.1) is 0 Å². The predicted molar refractivity (Wildman–Crippen MR) is 83.6 cm³/mol. The zero-order valence-corrected chi connectivity index (χ0v) is 12.9. The van der Waals surface area contributed by atoms with Crippen LogP contribution in [0.25, 0.3) is 0 Å². The third kappa shape index (κ3) is 2.64. The Morgan fingerprint density at radius 2 is 1.81 bits per heavy atom. The fraction of sp³-hybridized carbons (Fsp3) is 0.200. The van der Waals surface area contributed by atoms with Gasteiger partial charge in [-0.25, -0.2) is 8.42 Å². The Kier molecular flexibility index (Phi) is 3.65. The molecule has 6 heteroatoms. The molecule has 2 aromatic rings. The van der Waals surface area contributed by atoms with Gasteiger partial charge in [-0.2, -0.15) is 4.31 Å². The fourth-order valence-corrected chi connectivity index (χ4v) is 4.26. The Bertz CT molecular complexity index is 790. The zero-order valence-electron chi connectivity index (χ0n) is 11.3. The van der Waals surface area contributed by atoms with Gasteiger partial charge in [0.25, 0.3) is 0 Å². The summed E-state index contributed by atoms with van der Waals surface area (Å²) < 4.78 is 26.9. The summed E-state index contributed by atoms with van der Waals surface area (Å²) >= 11 is 5.83. The standard InChI is InChI=1S/C15H15ClN2O2S/c16-13-5-6-15(14(17)9-13)21(19,20)18-8-7-11-3-1-2-4-12(11)10-18/h1-6,9H,7-8,10,17H2. The molecule has 0 aromatic heterocycles. The van der Waals surface area contributed by atoms with E-state index in [-0.39, 0.29) is 10.6 Å². The highest BCUT2D eigenvalue weighted by atomic mass is 35.5. The van der Waals surface area contributed by atoms with Gasteiger partial charge in [0.15, 0.2) is 0 Å². The molecule has 0 radical (unpaired) electrons. The zero-order chi connectivity index (χ0) is 15.0. The van der Waals surface area contributed by atoms with Gasteiger partial charge < -0.3 is 5.73 Å². The molecule has 0 spiro atoms. The van der Waals surface area contributed by atoms with E-state index in [1.165, 1.54) is 22.0 Å². The van der Waals surface area contributed by atoms with Crippen molar-refractivity contribution in [3.63, 3.8) is 0 Å². The highest BCUT2D eigenvalue weighted by Gasteiger charge is 2.29. The first-order valence-corrected chi connectivity index (χ1v) is 8.42. The molecule has 3 rings (SSSR count). The number of nitrogens with two attached hydrogens (primary N) is 1. The molecule has 0 saturated carbocycles. The quantitative estimate of drug-likeness (QED) is 0.865. The normalized spacial score (nSPS) is 15.7. The maximum atomic E-state index is 12.7. The monoisotopic (exact) mass is 322 g/mol. The number of hydrogen-bond acceptors (Lipinski definition) is 3. The molecule has 0 bridgehead atoms. The first-order valence-electron chi connectivity index (χ1n) is 6.60. The van der Waals surface area contributed by atoms with Crippen molar-refractivity contribution in [2.24, 2.45) is 0 Å². The number of benzene rings is 2. The van der Waals surface area contributed by atoms with E-state index in [0.717, 1.165) is 5.56 Å². The molecule has 0 amide bonds. The van der Waals surface area contributed by atoms with Gasteiger partial charge in [-0.3, -0.25) is 0 Å². The minimum absolute atomic E-state index is 0.117. The minimum atomic E-state index is -3.60. The van der Waals surface area contributed by atoms with Crippen molar-refractivity contribution < 1.29 is 8.42 Å². The highest BCUT2D eigenvalue weighted by Crippen LogP contribution is 2.29. The van der Waals surface area contributed by atoms with E-state index in [9.17, 15) is 8.42 Å². The van der Waals surface area contributed by atoms with Crippen LogP contribution in [-0.2, 0) is 23.0 Å². The summed E-state index contributed by atoms with van der Waals surface area (Å²) in [7, 11) is -3.60. The number of halogens is 1. The average molecular weight is 323 g/mol. The lowest BCUT2D eigenvalue weighted by molar-refractivity contribution is 0.391. The predicted octanol–water partition coefficient (Wildman–Crippen LogP) is 2.67. The first kappa shape index (κ1) is 14.4. The number of anilines is 1. The van der Waals surface area contributed by atoms with E-state index in [1.54, 1.807) is 6.07 Å². The van der Waals surface area contributed by atoms with E-state index in [4.69, 9.17) is 17.3 Å². The molecule has 2 aromatic carbocycles. The van der Waals surface area contributed by atoms with Gasteiger partial charge in [-0.15, -0.1) is 0 Å². The molecular formula is C15H15ClN2O2S. The van der Waals surface area contributed by atoms with Crippen LogP contribution in [-0.4, -0.2) is 19.3 Å². The summed E-state index contributed by atoms with van der Waals surface area (Å²) in [6.07, 6.45) is 0.711. The van der Waals surface area contributed by atoms with Gasteiger partial charge in [-0.05, 0) is 35.7 Å². The van der Waals surface area contributed by atoms with Gasteiger partial charge in [0.2, 0.25) is 10.0 Å². The van der Waals surface area contributed by atoms with Crippen molar-refractivity contribution >= 4 is 27.3 Å². The molecule has 0 atom stereocenters. The topological polar surface area (TPSA) is 63.4 Å². The Labute approximate surface area is 129 Å². The molecule has 4 nitrogen and oxygen atoms in total. The van der Waals surface area contributed by atoms with Crippen LogP contribution >= 0.6 is 11.6 Å². The summed E-state index contributed by atoms with van der Waals surface area (Å²) in [6.45, 7) is 0.835. The molecule has 0 aliphatic carbocycles. The van der Waals surface area contributed by atoms with Crippen molar-refractivity contribution in [3.05, 3.63) is 58.6 Å². The van der Waals surface area contributed by atoms with Crippen LogP contribution in [0.5, 0.6) is 0 Å². The van der Waals surface area contributed by atoms with E-state index in [2.05, 4.69) is 0 Å². The van der Waals surface area contributed by atoms with Crippen LogP contribution in [0.4, 0.5) is 5.69 Å². The van der Waals surface area contributed by atoms with Crippen LogP contribution in [0.15, 0.2) is 47.4 Å². The van der Waals surface area contributed by atoms with Gasteiger partial charge in [0.1, 0.15) is 4.90 Å². The molecule has 0 saturated heterocycles. The summed E-state index contributed by atoms with van der Waals surface area (Å²) in [5.74, 6) is 0. The summed E-state index contributed by atoms with van der Waals surface area (Å²) in [5.41, 5.74) is 8.24. The lowest BCUT2D eigenvalue weighted by Crippen LogP contribution is -2.36. The van der Waals surface area contributed by atoms with Gasteiger partial charge in [0, 0.05) is 18.1 Å². The Morgan fingerprint density at radius 1 is 1.10 bits per heavy atom. The number of fused-ring (bicyclic) bond motifs is 1. The van der Waals surface area contributed by atoms with Crippen molar-refractivity contribution in [2.45, 2.75) is 17.9 Å². The molecule has 2 N–H and O–H groups in total. The number of nitrogen functional groups attached to an aromatic ring is 1. The Hall–Kier alpha value is -1.56. The summed E-state index contributed by atoms with van der Waals surface area (Å²) in [5, 5.41) is 0.426. The molecule has 0 fully saturated rings. The average Bonchev–Trinajstić information content (AvgIpc) is 2.46. The second-order valence-corrected chi connectivity index (χ2v) is 7.38. The number of hydrogen-bond donors (Lipinski definition) is 1. The largest absolute Gasteiger partial charge is 0.398 e. The molecule has 0 unspecified atom stereocenters. The maximum absolute atomic E-state index is 12.7. The van der Waals surface area contributed by atoms with Crippen molar-refractivity contribution in [1.29, 1.82) is 0 Å². The van der Waals surface area contributed by atoms with Crippen LogP contribution in [0.1, 0.15) is 11.1 Å². The number of rotatable bonds is 2. The van der Waals surface area contributed by atoms with Crippen LogP contribution < -0.4 is 5.73 Å². The number of nitrogens with zero attached hydrogens (tertiary/aromatic N) is 1. The van der Waals surface area contributed by atoms with E-state index in [1.807, 2.05) is 24.3 Å². The SMILES string of the molecule is Nc1cc(Cl)ccc1S(=O)(=O)N1CCc2ccccc2C1. The first-order chi connectivity index (χ1) is 9.98. The summed E-state index contributed by atoms with van der Waals surface area (Å²) in [6, 6.07) is 12.4. The molecule has 1 heterocycles. The number of sulfonamides is 1. The van der Waals surface area contributed by atoms with Crippen molar-refractivity contribution in [3.8, 4) is 0 Å². The molecular weight excluding hydrogens is 308 g/mol. The van der Waals surface area contributed by atoms with Crippen molar-refractivity contribution in [2.75, 3.05) is 12.3 Å². The second kappa shape index (κ2) is 5.33. The Morgan fingerprint density at radius 3 is 2.52 bits per heavy atom. The molecule has 1 aliphatic heterocycles. The smallest absolute Gasteiger partial charge is 0.245 e. The Balaban J connectivity index is 1.97. The third-order valence-electron chi connectivity index (χ3n) is 3.69. The minimum Gasteiger partial charge on any atom is -0.398 e. The fourth-order valence-electron chi connectivity index (χ4n) is 2.57. The third-order valence-corrected chi connectivity index (χ3v) is 5.84. The van der Waals surface area contributed by atoms with Gasteiger partial charge in [0.05, 0.1) is 5.69 Å². The molecule has 1 aliphatic rings. The van der Waals surface area contributed by atoms with Crippen molar-refractivity contribution in [1.82, 2.24) is 4.31 Å². The maximum Gasteiger partial charge on any atom is 0.245 e. The van der Waals surface area contributed by atoms with Gasteiger partial charge >= 0.3 is 0 Å². The lowest BCUT2D eigenvalue weighted by atomic mass is 10.0. The molecule has 21 heavy (non-hydrogen) atoms. The van der Waals surface area contributed by atoms with Gasteiger partial charge in [-0.1, -0.05) is 35.9 Å². The van der Waals surface area contributed by atoms with Crippen LogP contribution in [0.2, 0.25) is 5.02 Å². The van der Waals surface area contributed by atoms with E-state index >= 15 is 0 Å². The highest BCUT2D eigenvalue weighted by molar-refractivity contribution is 7.89. The van der Waals surface area contributed by atoms with Crippen LogP contribution in [0.3, 0.4) is 0 Å². The molecule has 110 valence electrons. The summed E-state index contributed by atoms with van der Waals surface area (Å²) in [4.78, 5) is 0.117.